The fourth-order valence-corrected chi connectivity index (χ4v) is 4.88. The normalized spacial score (nSPS) is 19.6. The average molecular weight is 468 g/mol. The topological polar surface area (TPSA) is 61.9 Å². The molecule has 0 aromatic heterocycles. The lowest BCUT2D eigenvalue weighted by atomic mass is 9.94. The molecule has 34 heavy (non-hydrogen) atoms. The second kappa shape index (κ2) is 11.5. The first-order valence-electron chi connectivity index (χ1n) is 12.2. The van der Waals surface area contributed by atoms with E-state index in [4.69, 9.17) is 4.74 Å². The van der Waals surface area contributed by atoms with Gasteiger partial charge in [-0.2, -0.15) is 0 Å². The number of hydrogen-bond acceptors (Lipinski definition) is 4. The number of hydrogen-bond donors (Lipinski definition) is 1. The molecule has 2 fully saturated rings. The highest BCUT2D eigenvalue weighted by Crippen LogP contribution is 2.22. The van der Waals surface area contributed by atoms with Gasteiger partial charge in [-0.25, -0.2) is 4.39 Å². The van der Waals surface area contributed by atoms with Crippen molar-refractivity contribution in [2.75, 3.05) is 39.8 Å². The lowest BCUT2D eigenvalue weighted by Crippen LogP contribution is -2.46. The van der Waals surface area contributed by atoms with E-state index in [0.29, 0.717) is 31.1 Å². The average Bonchev–Trinajstić information content (AvgIpc) is 2.88. The van der Waals surface area contributed by atoms with E-state index in [1.807, 2.05) is 12.1 Å². The smallest absolute Gasteiger partial charge is 0.253 e. The molecule has 6 nitrogen and oxygen atoms in total. The molecule has 7 heteroatoms. The molecular formula is C27H34FN3O3. The first-order valence-corrected chi connectivity index (χ1v) is 12.2. The predicted octanol–water partition coefficient (Wildman–Crippen LogP) is 3.71. The molecule has 182 valence electrons. The highest BCUT2D eigenvalue weighted by molar-refractivity contribution is 5.94. The standard InChI is InChI=1S/C27H34FN3O3/c1-34-25-10-4-21(5-11-25)18-30-15-12-20(13-16-30)17-29-26(32)23-3-2-14-31(19-23)27(33)22-6-8-24(28)9-7-22/h4-11,20,23H,2-3,12-19H2,1H3,(H,29,32). The van der Waals surface area contributed by atoms with Crippen molar-refractivity contribution in [2.45, 2.75) is 32.2 Å². The van der Waals surface area contributed by atoms with Crippen LogP contribution in [0.25, 0.3) is 0 Å². The monoisotopic (exact) mass is 467 g/mol. The number of benzene rings is 2. The molecule has 2 aromatic carbocycles. The zero-order valence-corrected chi connectivity index (χ0v) is 19.8. The summed E-state index contributed by atoms with van der Waals surface area (Å²) in [7, 11) is 1.68. The summed E-state index contributed by atoms with van der Waals surface area (Å²) in [5.41, 5.74) is 1.74. The number of nitrogens with zero attached hydrogens (tertiary/aromatic N) is 2. The maximum atomic E-state index is 13.2. The Morgan fingerprint density at radius 2 is 1.71 bits per heavy atom. The molecule has 0 bridgehead atoms. The molecule has 2 aromatic rings. The summed E-state index contributed by atoms with van der Waals surface area (Å²) >= 11 is 0. The number of carbonyl (C=O) groups excluding carboxylic acids is 2. The van der Waals surface area contributed by atoms with Crippen LogP contribution in [0, 0.1) is 17.7 Å². The van der Waals surface area contributed by atoms with E-state index in [1.165, 1.54) is 29.8 Å². The molecule has 2 aliphatic rings. The van der Waals surface area contributed by atoms with Gasteiger partial charge in [0, 0.05) is 31.7 Å². The third-order valence-corrected chi connectivity index (χ3v) is 7.01. The van der Waals surface area contributed by atoms with E-state index in [1.54, 1.807) is 12.0 Å². The predicted molar refractivity (Wildman–Crippen MR) is 129 cm³/mol. The van der Waals surface area contributed by atoms with Crippen molar-refractivity contribution in [1.29, 1.82) is 0 Å². The number of carbonyl (C=O) groups is 2. The fourth-order valence-electron chi connectivity index (χ4n) is 4.88. The van der Waals surface area contributed by atoms with Gasteiger partial charge < -0.3 is 15.0 Å². The summed E-state index contributed by atoms with van der Waals surface area (Å²) in [6.45, 7) is 4.72. The van der Waals surface area contributed by atoms with Crippen molar-refractivity contribution in [2.24, 2.45) is 11.8 Å². The van der Waals surface area contributed by atoms with Gasteiger partial charge in [-0.15, -0.1) is 0 Å². The summed E-state index contributed by atoms with van der Waals surface area (Å²) in [4.78, 5) is 29.7. The van der Waals surface area contributed by atoms with Crippen molar-refractivity contribution in [3.8, 4) is 5.75 Å². The van der Waals surface area contributed by atoms with Crippen LogP contribution in [0.2, 0.25) is 0 Å². The molecule has 2 heterocycles. The van der Waals surface area contributed by atoms with Crippen molar-refractivity contribution in [3.05, 3.63) is 65.5 Å². The van der Waals surface area contributed by atoms with Crippen LogP contribution < -0.4 is 10.1 Å². The Labute approximate surface area is 201 Å². The van der Waals surface area contributed by atoms with E-state index in [2.05, 4.69) is 22.3 Å². The van der Waals surface area contributed by atoms with Crippen molar-refractivity contribution < 1.29 is 18.7 Å². The number of ether oxygens (including phenoxy) is 1. The molecule has 1 atom stereocenters. The van der Waals surface area contributed by atoms with Crippen LogP contribution in [-0.4, -0.2) is 61.4 Å². The van der Waals surface area contributed by atoms with Crippen LogP contribution in [0.1, 0.15) is 41.6 Å². The van der Waals surface area contributed by atoms with Crippen molar-refractivity contribution >= 4 is 11.8 Å². The molecule has 1 unspecified atom stereocenters. The third kappa shape index (κ3) is 6.35. The highest BCUT2D eigenvalue weighted by atomic mass is 19.1. The van der Waals surface area contributed by atoms with Crippen LogP contribution in [0.15, 0.2) is 48.5 Å². The van der Waals surface area contributed by atoms with Gasteiger partial charge in [0.1, 0.15) is 11.6 Å². The Morgan fingerprint density at radius 1 is 1.00 bits per heavy atom. The Hall–Kier alpha value is -2.93. The fraction of sp³-hybridized carbons (Fsp3) is 0.481. The lowest BCUT2D eigenvalue weighted by Gasteiger charge is -2.34. The second-order valence-corrected chi connectivity index (χ2v) is 9.41. The summed E-state index contributed by atoms with van der Waals surface area (Å²) < 4.78 is 18.4. The minimum Gasteiger partial charge on any atom is -0.497 e. The van der Waals surface area contributed by atoms with Gasteiger partial charge >= 0.3 is 0 Å². The Balaban J connectivity index is 1.19. The highest BCUT2D eigenvalue weighted by Gasteiger charge is 2.29. The van der Waals surface area contributed by atoms with E-state index in [9.17, 15) is 14.0 Å². The van der Waals surface area contributed by atoms with Crippen molar-refractivity contribution in [3.63, 3.8) is 0 Å². The van der Waals surface area contributed by atoms with Gasteiger partial charge in [0.2, 0.25) is 5.91 Å². The number of nitrogens with one attached hydrogen (secondary N) is 1. The number of piperidine rings is 2. The van der Waals surface area contributed by atoms with Gasteiger partial charge in [-0.05, 0) is 86.7 Å². The number of halogens is 1. The molecule has 0 spiro atoms. The Morgan fingerprint density at radius 3 is 2.38 bits per heavy atom. The lowest BCUT2D eigenvalue weighted by molar-refractivity contribution is -0.126. The second-order valence-electron chi connectivity index (χ2n) is 9.41. The van der Waals surface area contributed by atoms with Crippen LogP contribution in [0.5, 0.6) is 5.75 Å². The molecular weight excluding hydrogens is 433 g/mol. The minimum absolute atomic E-state index is 0.0391. The number of methoxy groups -OCH3 is 1. The van der Waals surface area contributed by atoms with Gasteiger partial charge in [0.25, 0.3) is 5.91 Å². The van der Waals surface area contributed by atoms with E-state index < -0.39 is 0 Å². The Bertz CT molecular complexity index is 956. The SMILES string of the molecule is COc1ccc(CN2CCC(CNC(=O)C3CCCN(C(=O)c4ccc(F)cc4)C3)CC2)cc1. The molecule has 2 aliphatic heterocycles. The third-order valence-electron chi connectivity index (χ3n) is 7.01. The van der Waals surface area contributed by atoms with Gasteiger partial charge in [-0.1, -0.05) is 12.1 Å². The van der Waals surface area contributed by atoms with Crippen LogP contribution >= 0.6 is 0 Å². The molecule has 4 rings (SSSR count). The summed E-state index contributed by atoms with van der Waals surface area (Å²) in [6.07, 6.45) is 3.72. The summed E-state index contributed by atoms with van der Waals surface area (Å²) in [5, 5.41) is 3.15. The van der Waals surface area contributed by atoms with E-state index in [0.717, 1.165) is 51.1 Å². The van der Waals surface area contributed by atoms with Crippen LogP contribution in [0.3, 0.4) is 0 Å². The molecule has 0 radical (unpaired) electrons. The minimum atomic E-state index is -0.362. The largest absolute Gasteiger partial charge is 0.497 e. The first-order chi connectivity index (χ1) is 16.5. The van der Waals surface area contributed by atoms with Crippen LogP contribution in [0.4, 0.5) is 4.39 Å². The van der Waals surface area contributed by atoms with E-state index >= 15 is 0 Å². The van der Waals surface area contributed by atoms with Crippen LogP contribution in [-0.2, 0) is 11.3 Å². The van der Waals surface area contributed by atoms with Gasteiger partial charge in [0.05, 0.1) is 13.0 Å². The Kier molecular flexibility index (Phi) is 8.16. The quantitative estimate of drug-likeness (QED) is 0.674. The maximum Gasteiger partial charge on any atom is 0.253 e. The first kappa shape index (κ1) is 24.2. The molecule has 2 amide bonds. The molecule has 1 N–H and O–H groups in total. The van der Waals surface area contributed by atoms with Gasteiger partial charge in [0.15, 0.2) is 0 Å². The zero-order valence-electron chi connectivity index (χ0n) is 19.8. The number of rotatable bonds is 7. The molecule has 2 saturated heterocycles. The number of likely N-dealkylation sites (tertiary alicyclic amines) is 2. The maximum absolute atomic E-state index is 13.2. The van der Waals surface area contributed by atoms with Crippen molar-refractivity contribution in [1.82, 2.24) is 15.1 Å². The summed E-state index contributed by atoms with van der Waals surface area (Å²) in [5.74, 6) is 0.710. The zero-order chi connectivity index (χ0) is 23.9. The molecule has 0 aliphatic carbocycles. The molecule has 0 saturated carbocycles. The number of amides is 2. The van der Waals surface area contributed by atoms with Gasteiger partial charge in [-0.3, -0.25) is 14.5 Å². The van der Waals surface area contributed by atoms with E-state index in [-0.39, 0.29) is 23.5 Å². The summed E-state index contributed by atoms with van der Waals surface area (Å²) in [6, 6.07) is 13.8.